The van der Waals surface area contributed by atoms with Crippen LogP contribution in [0.25, 0.3) is 5.82 Å². The molecule has 8 nitrogen and oxygen atoms in total. The molecule has 1 aliphatic heterocycles. The largest absolute Gasteiger partial charge is 0.351 e. The lowest BCUT2D eigenvalue weighted by molar-refractivity contribution is -0.384. The number of nitrogens with zero attached hydrogens (tertiary/aromatic N) is 5. The molecule has 40 heavy (non-hydrogen) atoms. The molecule has 5 aromatic rings. The Hall–Kier alpha value is -4.54. The highest BCUT2D eigenvalue weighted by atomic mass is 32.2. The summed E-state index contributed by atoms with van der Waals surface area (Å²) in [6, 6.07) is 28.5. The number of pyridine rings is 2. The minimum Gasteiger partial charge on any atom is -0.351 e. The van der Waals surface area contributed by atoms with Gasteiger partial charge in [-0.15, -0.1) is 0 Å². The van der Waals surface area contributed by atoms with Crippen molar-refractivity contribution >= 4 is 40.5 Å². The molecule has 1 fully saturated rings. The molecule has 0 radical (unpaired) electrons. The lowest BCUT2D eigenvalue weighted by atomic mass is 10.0. The third kappa shape index (κ3) is 5.06. The highest BCUT2D eigenvalue weighted by Crippen LogP contribution is 2.42. The number of nitro benzene ring substituents is 1. The smallest absolute Gasteiger partial charge is 0.269 e. The Labute approximate surface area is 240 Å². The zero-order chi connectivity index (χ0) is 27.6. The maximum Gasteiger partial charge on any atom is 0.269 e. The minimum atomic E-state index is -0.393. The van der Waals surface area contributed by atoms with Gasteiger partial charge < -0.3 is 14.8 Å². The van der Waals surface area contributed by atoms with Gasteiger partial charge in [0.2, 0.25) is 0 Å². The van der Waals surface area contributed by atoms with Crippen LogP contribution in [0.5, 0.6) is 0 Å². The summed E-state index contributed by atoms with van der Waals surface area (Å²) in [6.07, 6.45) is 5.68. The zero-order valence-corrected chi connectivity index (χ0v) is 23.0. The van der Waals surface area contributed by atoms with E-state index in [1.165, 1.54) is 12.1 Å². The Bertz CT molecular complexity index is 1660. The van der Waals surface area contributed by atoms with Gasteiger partial charge in [0.25, 0.3) is 5.69 Å². The summed E-state index contributed by atoms with van der Waals surface area (Å²) in [5, 5.41) is 15.1. The monoisotopic (exact) mass is 564 g/mol. The maximum atomic E-state index is 11.0. The van der Waals surface area contributed by atoms with Gasteiger partial charge in [-0.25, -0.2) is 4.98 Å². The SMILES string of the molecule is Cc1ccc(-n2cccc2[C@H]2[C@H](c3ccccn3)NC(=S)N2c2ccc(Sc3ccc([N+](=O)[O-])cc3)cc2)nc1. The van der Waals surface area contributed by atoms with Crippen molar-refractivity contribution in [2.45, 2.75) is 28.8 Å². The molecule has 1 N–H and O–H groups in total. The van der Waals surface area contributed by atoms with E-state index in [-0.39, 0.29) is 17.8 Å². The van der Waals surface area contributed by atoms with Crippen LogP contribution in [0.2, 0.25) is 0 Å². The summed E-state index contributed by atoms with van der Waals surface area (Å²) < 4.78 is 2.10. The first-order valence-electron chi connectivity index (χ1n) is 12.6. The molecule has 6 rings (SSSR count). The van der Waals surface area contributed by atoms with Crippen LogP contribution in [-0.2, 0) is 0 Å². The van der Waals surface area contributed by atoms with Crippen LogP contribution < -0.4 is 10.2 Å². The Kier molecular flexibility index (Phi) is 7.02. The number of aryl methyl sites for hydroxylation is 1. The Morgan fingerprint density at radius 3 is 2.33 bits per heavy atom. The normalized spacial score (nSPS) is 16.6. The summed E-state index contributed by atoms with van der Waals surface area (Å²) >= 11 is 7.45. The topological polar surface area (TPSA) is 89.1 Å². The Balaban J connectivity index is 1.35. The second-order valence-corrected chi connectivity index (χ2v) is 10.9. The quantitative estimate of drug-likeness (QED) is 0.131. The van der Waals surface area contributed by atoms with Gasteiger partial charge in [0.15, 0.2) is 5.11 Å². The standard InChI is InChI=1S/C30H24N6O2S2/c1-20-7-16-27(32-19-20)34-18-4-6-26(34)29-28(25-5-2-3-17-31-25)33-30(39)35(29)21-8-12-23(13-9-21)40-24-14-10-22(11-15-24)36(37)38/h2-19,28-29H,1H3,(H,33,39)/t28-,29-/m0/s1. The number of hydrogen-bond donors (Lipinski definition) is 1. The summed E-state index contributed by atoms with van der Waals surface area (Å²) in [5.74, 6) is 0.831. The van der Waals surface area contributed by atoms with E-state index in [1.54, 1.807) is 30.1 Å². The first-order chi connectivity index (χ1) is 19.5. The number of non-ortho nitro benzene ring substituents is 1. The second kappa shape index (κ2) is 10.9. The summed E-state index contributed by atoms with van der Waals surface area (Å²) in [7, 11) is 0. The fourth-order valence-corrected chi connectivity index (χ4v) is 5.99. The van der Waals surface area contributed by atoms with Crippen molar-refractivity contribution in [3.05, 3.63) is 137 Å². The van der Waals surface area contributed by atoms with E-state index in [0.717, 1.165) is 38.2 Å². The maximum absolute atomic E-state index is 11.0. The molecule has 198 valence electrons. The third-order valence-electron chi connectivity index (χ3n) is 6.72. The van der Waals surface area contributed by atoms with Crippen LogP contribution in [0.3, 0.4) is 0 Å². The van der Waals surface area contributed by atoms with Gasteiger partial charge in [-0.1, -0.05) is 23.9 Å². The van der Waals surface area contributed by atoms with Gasteiger partial charge in [-0.2, -0.15) is 0 Å². The van der Waals surface area contributed by atoms with Gasteiger partial charge in [0, 0.05) is 51.9 Å². The molecule has 0 bridgehead atoms. The Morgan fingerprint density at radius 2 is 1.68 bits per heavy atom. The van der Waals surface area contributed by atoms with Crippen molar-refractivity contribution in [3.63, 3.8) is 0 Å². The summed E-state index contributed by atoms with van der Waals surface area (Å²) in [6.45, 7) is 2.02. The number of rotatable bonds is 7. The Morgan fingerprint density at radius 1 is 0.925 bits per heavy atom. The zero-order valence-electron chi connectivity index (χ0n) is 21.4. The molecule has 4 heterocycles. The fraction of sp³-hybridized carbons (Fsp3) is 0.100. The number of aromatic nitrogens is 3. The fourth-order valence-electron chi connectivity index (χ4n) is 4.83. The average molecular weight is 565 g/mol. The van der Waals surface area contributed by atoms with Crippen LogP contribution >= 0.6 is 24.0 Å². The van der Waals surface area contributed by atoms with Crippen LogP contribution in [0.1, 0.15) is 29.0 Å². The average Bonchev–Trinajstić information content (AvgIpc) is 3.59. The second-order valence-electron chi connectivity index (χ2n) is 9.34. The molecule has 2 atom stereocenters. The van der Waals surface area contributed by atoms with E-state index in [1.807, 2.05) is 73.9 Å². The van der Waals surface area contributed by atoms with Gasteiger partial charge in [0.1, 0.15) is 11.9 Å². The first-order valence-corrected chi connectivity index (χ1v) is 13.8. The van der Waals surface area contributed by atoms with Crippen LogP contribution in [-0.4, -0.2) is 24.6 Å². The van der Waals surface area contributed by atoms with E-state index < -0.39 is 4.92 Å². The van der Waals surface area contributed by atoms with Crippen LogP contribution in [0, 0.1) is 17.0 Å². The van der Waals surface area contributed by atoms with Gasteiger partial charge in [-0.3, -0.25) is 15.1 Å². The molecule has 2 aromatic carbocycles. The lowest BCUT2D eigenvalue weighted by Gasteiger charge is -2.29. The summed E-state index contributed by atoms with van der Waals surface area (Å²) in [4.78, 5) is 24.0. The molecule has 1 aliphatic rings. The van der Waals surface area contributed by atoms with Crippen molar-refractivity contribution in [3.8, 4) is 5.82 Å². The van der Waals surface area contributed by atoms with E-state index in [2.05, 4.69) is 36.9 Å². The van der Waals surface area contributed by atoms with E-state index in [0.29, 0.717) is 5.11 Å². The van der Waals surface area contributed by atoms with Crippen molar-refractivity contribution in [2.75, 3.05) is 4.90 Å². The van der Waals surface area contributed by atoms with E-state index in [4.69, 9.17) is 12.2 Å². The molecular weight excluding hydrogens is 541 g/mol. The highest BCUT2D eigenvalue weighted by molar-refractivity contribution is 7.99. The minimum absolute atomic E-state index is 0.0776. The highest BCUT2D eigenvalue weighted by Gasteiger charge is 2.42. The number of nitro groups is 1. The van der Waals surface area contributed by atoms with E-state index >= 15 is 0 Å². The molecule has 0 saturated carbocycles. The number of thiocarbonyl (C=S) groups is 1. The van der Waals surface area contributed by atoms with Gasteiger partial charge in [-0.05, 0) is 91.4 Å². The first kappa shape index (κ1) is 25.7. The van der Waals surface area contributed by atoms with Gasteiger partial charge >= 0.3 is 0 Å². The third-order valence-corrected chi connectivity index (χ3v) is 8.05. The van der Waals surface area contributed by atoms with Crippen molar-refractivity contribution in [1.82, 2.24) is 19.9 Å². The molecule has 3 aromatic heterocycles. The molecule has 0 unspecified atom stereocenters. The molecule has 0 amide bonds. The molecular formula is C30H24N6O2S2. The van der Waals surface area contributed by atoms with Crippen LogP contribution in [0.4, 0.5) is 11.4 Å². The molecule has 1 saturated heterocycles. The van der Waals surface area contributed by atoms with Crippen molar-refractivity contribution in [2.24, 2.45) is 0 Å². The lowest BCUT2D eigenvalue weighted by Crippen LogP contribution is -2.30. The molecule has 0 aliphatic carbocycles. The van der Waals surface area contributed by atoms with Crippen molar-refractivity contribution in [1.29, 1.82) is 0 Å². The predicted molar refractivity (Wildman–Crippen MR) is 160 cm³/mol. The number of anilines is 1. The summed E-state index contributed by atoms with van der Waals surface area (Å²) in [5.41, 5.74) is 4.05. The van der Waals surface area contributed by atoms with Gasteiger partial charge in [0.05, 0.1) is 16.7 Å². The number of benzene rings is 2. The number of nitrogens with one attached hydrogen (secondary N) is 1. The molecule has 10 heteroatoms. The van der Waals surface area contributed by atoms with Crippen LogP contribution in [0.15, 0.2) is 119 Å². The van der Waals surface area contributed by atoms with Crippen molar-refractivity contribution < 1.29 is 4.92 Å². The predicted octanol–water partition coefficient (Wildman–Crippen LogP) is 6.81. The number of hydrogen-bond acceptors (Lipinski definition) is 6. The molecule has 0 spiro atoms. The van der Waals surface area contributed by atoms with E-state index in [9.17, 15) is 10.1 Å².